The van der Waals surface area contributed by atoms with E-state index in [-0.39, 0.29) is 17.8 Å². The van der Waals surface area contributed by atoms with Crippen molar-refractivity contribution < 1.29 is 22.7 Å². The molecular formula is C22H20F3N5O2. The molecule has 1 aromatic carbocycles. The molecule has 4 rings (SSSR count). The maximum Gasteiger partial charge on any atom is 0.434 e. The molecule has 0 N–H and O–H groups in total. The minimum absolute atomic E-state index is 0.0118. The first-order valence-corrected chi connectivity index (χ1v) is 10.1. The number of aromatic nitrogens is 4. The largest absolute Gasteiger partial charge is 0.471 e. The SMILES string of the molecule is C[C@H]1[C@H](Oc2cnc(C(F)(F)F)cn2)CCCN1C(=O)c1ccccc1-c1ncccn1. The van der Waals surface area contributed by atoms with Crippen LogP contribution < -0.4 is 4.74 Å². The third-order valence-corrected chi connectivity index (χ3v) is 5.33. The monoisotopic (exact) mass is 443 g/mol. The lowest BCUT2D eigenvalue weighted by molar-refractivity contribution is -0.141. The van der Waals surface area contributed by atoms with Crippen LogP contribution in [0, 0.1) is 0 Å². The number of nitrogens with zero attached hydrogens (tertiary/aromatic N) is 5. The number of hydrogen-bond acceptors (Lipinski definition) is 6. The fraction of sp³-hybridized carbons (Fsp3) is 0.318. The highest BCUT2D eigenvalue weighted by molar-refractivity contribution is 6.00. The predicted octanol–water partition coefficient (Wildman–Crippen LogP) is 4.02. The number of alkyl halides is 3. The average molecular weight is 443 g/mol. The zero-order chi connectivity index (χ0) is 22.7. The fourth-order valence-electron chi connectivity index (χ4n) is 3.69. The summed E-state index contributed by atoms with van der Waals surface area (Å²) in [6.45, 7) is 2.38. The van der Waals surface area contributed by atoms with Crippen LogP contribution in [0.1, 0.15) is 35.8 Å². The van der Waals surface area contributed by atoms with Gasteiger partial charge in [-0.2, -0.15) is 13.2 Å². The molecule has 0 bridgehead atoms. The summed E-state index contributed by atoms with van der Waals surface area (Å²) >= 11 is 0. The molecule has 0 aliphatic carbocycles. The molecule has 1 fully saturated rings. The summed E-state index contributed by atoms with van der Waals surface area (Å²) in [6, 6.07) is 8.49. The van der Waals surface area contributed by atoms with Gasteiger partial charge in [-0.1, -0.05) is 18.2 Å². The van der Waals surface area contributed by atoms with Crippen LogP contribution in [0.25, 0.3) is 11.4 Å². The Labute approximate surface area is 182 Å². The standard InChI is InChI=1S/C22H20F3N5O2/c1-14-17(32-19-13-28-18(12-29-19)22(23,24)25)8-4-11-30(14)21(31)16-7-3-2-6-15(16)20-26-9-5-10-27-20/h2-3,5-7,9-10,12-14,17H,4,8,11H2,1H3/t14-,17+/m0/s1. The van der Waals surface area contributed by atoms with E-state index in [1.165, 1.54) is 0 Å². The number of likely N-dealkylation sites (tertiary alicyclic amines) is 1. The lowest BCUT2D eigenvalue weighted by Crippen LogP contribution is -2.51. The molecule has 1 amide bonds. The van der Waals surface area contributed by atoms with Crippen LogP contribution in [0.5, 0.6) is 5.88 Å². The summed E-state index contributed by atoms with van der Waals surface area (Å²) in [6.07, 6.45) is 1.14. The number of rotatable bonds is 4. The van der Waals surface area contributed by atoms with Crippen molar-refractivity contribution in [2.45, 2.75) is 38.1 Å². The van der Waals surface area contributed by atoms with Crippen molar-refractivity contribution in [2.24, 2.45) is 0 Å². The van der Waals surface area contributed by atoms with E-state index in [2.05, 4.69) is 19.9 Å². The van der Waals surface area contributed by atoms with Gasteiger partial charge in [0.25, 0.3) is 5.91 Å². The highest BCUT2D eigenvalue weighted by Gasteiger charge is 2.35. The molecule has 0 spiro atoms. The van der Waals surface area contributed by atoms with Gasteiger partial charge in [-0.3, -0.25) is 4.79 Å². The Morgan fingerprint density at radius 2 is 1.81 bits per heavy atom. The zero-order valence-electron chi connectivity index (χ0n) is 17.2. The van der Waals surface area contributed by atoms with Crippen LogP contribution in [0.3, 0.4) is 0 Å². The minimum atomic E-state index is -4.57. The van der Waals surface area contributed by atoms with E-state index in [9.17, 15) is 18.0 Å². The van der Waals surface area contributed by atoms with Crippen molar-refractivity contribution in [3.8, 4) is 17.3 Å². The highest BCUT2D eigenvalue weighted by atomic mass is 19.4. The molecule has 2 atom stereocenters. The summed E-state index contributed by atoms with van der Waals surface area (Å²) in [5.41, 5.74) is 0.0144. The van der Waals surface area contributed by atoms with Crippen LogP contribution in [-0.2, 0) is 6.18 Å². The van der Waals surface area contributed by atoms with Gasteiger partial charge < -0.3 is 9.64 Å². The van der Waals surface area contributed by atoms with Gasteiger partial charge in [-0.05, 0) is 31.9 Å². The maximum absolute atomic E-state index is 13.4. The molecular weight excluding hydrogens is 423 g/mol. The first kappa shape index (κ1) is 21.7. The Bertz CT molecular complexity index is 1080. The Hall–Kier alpha value is -3.56. The molecule has 1 aliphatic heterocycles. The van der Waals surface area contributed by atoms with Crippen LogP contribution in [-0.4, -0.2) is 49.4 Å². The number of halogens is 3. The van der Waals surface area contributed by atoms with Crippen molar-refractivity contribution in [3.63, 3.8) is 0 Å². The third-order valence-electron chi connectivity index (χ3n) is 5.33. The van der Waals surface area contributed by atoms with Crippen LogP contribution in [0.15, 0.2) is 55.1 Å². The second kappa shape index (κ2) is 8.89. The zero-order valence-corrected chi connectivity index (χ0v) is 17.2. The van der Waals surface area contributed by atoms with Crippen molar-refractivity contribution in [3.05, 3.63) is 66.4 Å². The van der Waals surface area contributed by atoms with Crippen LogP contribution in [0.2, 0.25) is 0 Å². The molecule has 3 heterocycles. The lowest BCUT2D eigenvalue weighted by atomic mass is 9.97. The van der Waals surface area contributed by atoms with Gasteiger partial charge >= 0.3 is 6.18 Å². The first-order chi connectivity index (χ1) is 15.3. The normalized spacial score (nSPS) is 18.9. The quantitative estimate of drug-likeness (QED) is 0.606. The molecule has 3 aromatic rings. The van der Waals surface area contributed by atoms with Crippen LogP contribution >= 0.6 is 0 Å². The Kier molecular flexibility index (Phi) is 6.02. The first-order valence-electron chi connectivity index (χ1n) is 10.1. The summed E-state index contributed by atoms with van der Waals surface area (Å²) in [7, 11) is 0. The minimum Gasteiger partial charge on any atom is -0.471 e. The number of piperidine rings is 1. The number of ether oxygens (including phenoxy) is 1. The highest BCUT2D eigenvalue weighted by Crippen LogP contribution is 2.29. The summed E-state index contributed by atoms with van der Waals surface area (Å²) in [4.78, 5) is 30.7. The number of amides is 1. The summed E-state index contributed by atoms with van der Waals surface area (Å²) < 4.78 is 43.9. The van der Waals surface area contributed by atoms with Gasteiger partial charge in [0, 0.05) is 24.5 Å². The molecule has 32 heavy (non-hydrogen) atoms. The molecule has 7 nitrogen and oxygen atoms in total. The van der Waals surface area contributed by atoms with Crippen molar-refractivity contribution in [1.82, 2.24) is 24.8 Å². The van der Waals surface area contributed by atoms with Gasteiger partial charge in [0.15, 0.2) is 11.5 Å². The smallest absolute Gasteiger partial charge is 0.434 e. The number of benzene rings is 1. The van der Waals surface area contributed by atoms with Crippen molar-refractivity contribution in [1.29, 1.82) is 0 Å². The fourth-order valence-corrected chi connectivity index (χ4v) is 3.69. The van der Waals surface area contributed by atoms with Crippen LogP contribution in [0.4, 0.5) is 13.2 Å². The van der Waals surface area contributed by atoms with E-state index < -0.39 is 18.0 Å². The van der Waals surface area contributed by atoms with Crippen molar-refractivity contribution >= 4 is 5.91 Å². The van der Waals surface area contributed by atoms with Gasteiger partial charge in [-0.15, -0.1) is 0 Å². The number of hydrogen-bond donors (Lipinski definition) is 0. The Balaban J connectivity index is 1.53. The second-order valence-corrected chi connectivity index (χ2v) is 7.39. The van der Waals surface area contributed by atoms with E-state index in [1.54, 1.807) is 41.6 Å². The number of carbonyl (C=O) groups excluding carboxylic acids is 1. The van der Waals surface area contributed by atoms with Gasteiger partial charge in [0.05, 0.1) is 24.0 Å². The Morgan fingerprint density at radius 1 is 1.06 bits per heavy atom. The molecule has 166 valence electrons. The second-order valence-electron chi connectivity index (χ2n) is 7.39. The van der Waals surface area contributed by atoms with E-state index in [1.807, 2.05) is 13.0 Å². The number of carbonyl (C=O) groups is 1. The van der Waals surface area contributed by atoms with Crippen molar-refractivity contribution in [2.75, 3.05) is 6.54 Å². The van der Waals surface area contributed by atoms with Gasteiger partial charge in [0.2, 0.25) is 5.88 Å². The lowest BCUT2D eigenvalue weighted by Gasteiger charge is -2.39. The van der Waals surface area contributed by atoms with E-state index in [0.717, 1.165) is 6.20 Å². The molecule has 10 heteroatoms. The predicted molar refractivity (Wildman–Crippen MR) is 109 cm³/mol. The van der Waals surface area contributed by atoms with Gasteiger partial charge in [0.1, 0.15) is 6.10 Å². The Morgan fingerprint density at radius 3 is 2.50 bits per heavy atom. The van der Waals surface area contributed by atoms with E-state index in [0.29, 0.717) is 42.5 Å². The molecule has 0 unspecified atom stereocenters. The average Bonchev–Trinajstić information content (AvgIpc) is 2.80. The molecule has 0 radical (unpaired) electrons. The van der Waals surface area contributed by atoms with E-state index >= 15 is 0 Å². The molecule has 1 saturated heterocycles. The topological polar surface area (TPSA) is 81.1 Å². The molecule has 2 aromatic heterocycles. The van der Waals surface area contributed by atoms with E-state index in [4.69, 9.17) is 4.74 Å². The third kappa shape index (κ3) is 4.53. The molecule has 0 saturated carbocycles. The van der Waals surface area contributed by atoms with Gasteiger partial charge in [-0.25, -0.2) is 19.9 Å². The summed E-state index contributed by atoms with van der Waals surface area (Å²) in [5, 5.41) is 0. The summed E-state index contributed by atoms with van der Waals surface area (Å²) in [5.74, 6) is 0.253. The maximum atomic E-state index is 13.4. The molecule has 1 aliphatic rings.